The SMILES string of the molecule is NC1CCN(c2nc3c(Cl)cncc3s2)C1. The molecular weight excluding hydrogens is 244 g/mol. The van der Waals surface area contributed by atoms with Crippen molar-refractivity contribution in [3.8, 4) is 0 Å². The Bertz CT molecular complexity index is 527. The number of hydrogen-bond donors (Lipinski definition) is 1. The van der Waals surface area contributed by atoms with Gasteiger partial charge in [0.25, 0.3) is 0 Å². The zero-order valence-corrected chi connectivity index (χ0v) is 10.1. The second-order valence-corrected chi connectivity index (χ2v) is 5.38. The molecule has 1 fully saturated rings. The highest BCUT2D eigenvalue weighted by Gasteiger charge is 2.22. The van der Waals surface area contributed by atoms with E-state index in [1.807, 2.05) is 0 Å². The van der Waals surface area contributed by atoms with Gasteiger partial charge in [-0.05, 0) is 6.42 Å². The summed E-state index contributed by atoms with van der Waals surface area (Å²) in [7, 11) is 0. The van der Waals surface area contributed by atoms with Gasteiger partial charge in [0.2, 0.25) is 0 Å². The van der Waals surface area contributed by atoms with Crippen molar-refractivity contribution in [3.63, 3.8) is 0 Å². The Morgan fingerprint density at radius 1 is 1.50 bits per heavy atom. The molecule has 3 heterocycles. The number of nitrogens with zero attached hydrogens (tertiary/aromatic N) is 3. The van der Waals surface area contributed by atoms with Crippen molar-refractivity contribution in [2.24, 2.45) is 5.73 Å². The van der Waals surface area contributed by atoms with E-state index in [-0.39, 0.29) is 6.04 Å². The van der Waals surface area contributed by atoms with Crippen molar-refractivity contribution in [2.75, 3.05) is 18.0 Å². The number of thiazole rings is 1. The average Bonchev–Trinajstić information content (AvgIpc) is 2.84. The maximum absolute atomic E-state index is 6.04. The first-order chi connectivity index (χ1) is 7.74. The fourth-order valence-corrected chi connectivity index (χ4v) is 3.16. The fourth-order valence-electron chi connectivity index (χ4n) is 1.91. The molecule has 0 amide bonds. The third-order valence-electron chi connectivity index (χ3n) is 2.74. The molecule has 1 aliphatic heterocycles. The number of anilines is 1. The summed E-state index contributed by atoms with van der Waals surface area (Å²) in [5, 5.41) is 1.61. The van der Waals surface area contributed by atoms with E-state index in [0.717, 1.165) is 34.9 Å². The molecule has 0 radical (unpaired) electrons. The highest BCUT2D eigenvalue weighted by atomic mass is 35.5. The Hall–Kier alpha value is -0.910. The number of rotatable bonds is 1. The van der Waals surface area contributed by atoms with Crippen LogP contribution in [0.5, 0.6) is 0 Å². The number of aromatic nitrogens is 2. The van der Waals surface area contributed by atoms with E-state index in [9.17, 15) is 0 Å². The predicted octanol–water partition coefficient (Wildman–Crippen LogP) is 1.88. The summed E-state index contributed by atoms with van der Waals surface area (Å²) in [6, 6.07) is 0.264. The lowest BCUT2D eigenvalue weighted by atomic mass is 10.3. The van der Waals surface area contributed by atoms with Crippen LogP contribution in [0, 0.1) is 0 Å². The smallest absolute Gasteiger partial charge is 0.186 e. The number of fused-ring (bicyclic) bond motifs is 1. The second-order valence-electron chi connectivity index (χ2n) is 3.96. The van der Waals surface area contributed by atoms with Crippen LogP contribution in [0.15, 0.2) is 12.4 Å². The van der Waals surface area contributed by atoms with Gasteiger partial charge in [-0.1, -0.05) is 22.9 Å². The second kappa shape index (κ2) is 3.84. The molecule has 16 heavy (non-hydrogen) atoms. The minimum atomic E-state index is 0.264. The Labute approximate surface area is 102 Å². The summed E-state index contributed by atoms with van der Waals surface area (Å²) in [4.78, 5) is 10.8. The minimum absolute atomic E-state index is 0.264. The minimum Gasteiger partial charge on any atom is -0.346 e. The van der Waals surface area contributed by atoms with Gasteiger partial charge in [-0.3, -0.25) is 4.98 Å². The Morgan fingerprint density at radius 2 is 2.38 bits per heavy atom. The van der Waals surface area contributed by atoms with Crippen LogP contribution in [0.2, 0.25) is 5.02 Å². The van der Waals surface area contributed by atoms with Gasteiger partial charge in [0.15, 0.2) is 5.13 Å². The molecule has 0 saturated carbocycles. The van der Waals surface area contributed by atoms with E-state index >= 15 is 0 Å². The molecule has 2 aromatic heterocycles. The van der Waals surface area contributed by atoms with Gasteiger partial charge in [-0.25, -0.2) is 4.98 Å². The maximum atomic E-state index is 6.04. The molecule has 0 spiro atoms. The van der Waals surface area contributed by atoms with Crippen molar-refractivity contribution in [3.05, 3.63) is 17.4 Å². The summed E-state index contributed by atoms with van der Waals surface area (Å²) >= 11 is 7.67. The molecule has 1 atom stereocenters. The Balaban J connectivity index is 2.02. The Kier molecular flexibility index (Phi) is 2.46. The topological polar surface area (TPSA) is 55.0 Å². The number of halogens is 1. The van der Waals surface area contributed by atoms with Crippen LogP contribution >= 0.6 is 22.9 Å². The van der Waals surface area contributed by atoms with Crippen LogP contribution < -0.4 is 10.6 Å². The summed E-state index contributed by atoms with van der Waals surface area (Å²) in [6.07, 6.45) is 4.46. The molecule has 0 aromatic carbocycles. The van der Waals surface area contributed by atoms with Crippen LogP contribution in [0.4, 0.5) is 5.13 Å². The monoisotopic (exact) mass is 254 g/mol. The highest BCUT2D eigenvalue weighted by molar-refractivity contribution is 7.22. The molecule has 1 unspecified atom stereocenters. The maximum Gasteiger partial charge on any atom is 0.186 e. The van der Waals surface area contributed by atoms with Crippen LogP contribution in [0.1, 0.15) is 6.42 Å². The molecule has 84 valence electrons. The van der Waals surface area contributed by atoms with Gasteiger partial charge in [0, 0.05) is 31.5 Å². The van der Waals surface area contributed by atoms with Crippen molar-refractivity contribution in [1.29, 1.82) is 0 Å². The van der Waals surface area contributed by atoms with Gasteiger partial charge in [-0.2, -0.15) is 0 Å². The fraction of sp³-hybridized carbons (Fsp3) is 0.400. The van der Waals surface area contributed by atoms with Crippen molar-refractivity contribution in [1.82, 2.24) is 9.97 Å². The quantitative estimate of drug-likeness (QED) is 0.844. The molecule has 3 rings (SSSR count). The zero-order chi connectivity index (χ0) is 11.1. The first kappa shape index (κ1) is 10.3. The summed E-state index contributed by atoms with van der Waals surface area (Å²) in [6.45, 7) is 1.86. The van der Waals surface area contributed by atoms with Gasteiger partial charge in [-0.15, -0.1) is 0 Å². The third-order valence-corrected chi connectivity index (χ3v) is 4.07. The molecule has 2 aromatic rings. The largest absolute Gasteiger partial charge is 0.346 e. The molecule has 6 heteroatoms. The van der Waals surface area contributed by atoms with Crippen LogP contribution in [-0.2, 0) is 0 Å². The third kappa shape index (κ3) is 1.65. The van der Waals surface area contributed by atoms with Crippen molar-refractivity contribution < 1.29 is 0 Å². The average molecular weight is 255 g/mol. The van der Waals surface area contributed by atoms with Gasteiger partial charge in [0.1, 0.15) is 5.52 Å². The zero-order valence-electron chi connectivity index (χ0n) is 8.56. The van der Waals surface area contributed by atoms with E-state index in [2.05, 4.69) is 14.9 Å². The van der Waals surface area contributed by atoms with Crippen molar-refractivity contribution >= 4 is 38.3 Å². The van der Waals surface area contributed by atoms with E-state index in [0.29, 0.717) is 5.02 Å². The molecule has 0 bridgehead atoms. The van der Waals surface area contributed by atoms with Crippen molar-refractivity contribution in [2.45, 2.75) is 12.5 Å². The number of nitrogens with two attached hydrogens (primary N) is 1. The standard InChI is InChI=1S/C10H11ClN4S/c11-7-3-13-4-8-9(7)14-10(16-8)15-2-1-6(12)5-15/h3-4,6H,1-2,5,12H2. The van der Waals surface area contributed by atoms with E-state index in [1.54, 1.807) is 23.7 Å². The van der Waals surface area contributed by atoms with Gasteiger partial charge >= 0.3 is 0 Å². The molecule has 0 aliphatic carbocycles. The summed E-state index contributed by atoms with van der Waals surface area (Å²) < 4.78 is 1.03. The van der Waals surface area contributed by atoms with Crippen LogP contribution in [-0.4, -0.2) is 29.1 Å². The summed E-state index contributed by atoms with van der Waals surface area (Å²) in [5.41, 5.74) is 6.73. The molecule has 2 N–H and O–H groups in total. The summed E-state index contributed by atoms with van der Waals surface area (Å²) in [5.74, 6) is 0. The highest BCUT2D eigenvalue weighted by Crippen LogP contribution is 2.33. The number of pyridine rings is 1. The van der Waals surface area contributed by atoms with E-state index in [1.165, 1.54) is 0 Å². The van der Waals surface area contributed by atoms with E-state index in [4.69, 9.17) is 17.3 Å². The van der Waals surface area contributed by atoms with Crippen LogP contribution in [0.25, 0.3) is 10.2 Å². The lowest BCUT2D eigenvalue weighted by molar-refractivity contribution is 0.752. The first-order valence-corrected chi connectivity index (χ1v) is 6.34. The first-order valence-electron chi connectivity index (χ1n) is 5.14. The lowest BCUT2D eigenvalue weighted by Gasteiger charge is -2.12. The normalized spacial score (nSPS) is 20.9. The predicted molar refractivity (Wildman–Crippen MR) is 67.2 cm³/mol. The van der Waals surface area contributed by atoms with Gasteiger partial charge < -0.3 is 10.6 Å². The Morgan fingerprint density at radius 3 is 3.06 bits per heavy atom. The molecular formula is C10H11ClN4S. The van der Waals surface area contributed by atoms with Crippen LogP contribution in [0.3, 0.4) is 0 Å². The van der Waals surface area contributed by atoms with Gasteiger partial charge in [0.05, 0.1) is 9.72 Å². The molecule has 4 nitrogen and oxygen atoms in total. The number of hydrogen-bond acceptors (Lipinski definition) is 5. The molecule has 1 saturated heterocycles. The van der Waals surface area contributed by atoms with E-state index < -0.39 is 0 Å². The lowest BCUT2D eigenvalue weighted by Crippen LogP contribution is -2.26. The molecule has 1 aliphatic rings.